The van der Waals surface area contributed by atoms with E-state index in [1.54, 1.807) is 0 Å². The second kappa shape index (κ2) is 6.76. The number of aromatic nitrogens is 3. The van der Waals surface area contributed by atoms with E-state index in [9.17, 15) is 22.8 Å². The summed E-state index contributed by atoms with van der Waals surface area (Å²) in [7, 11) is 0. The first-order chi connectivity index (χ1) is 10.7. The van der Waals surface area contributed by atoms with Crippen molar-refractivity contribution in [2.75, 3.05) is 5.32 Å². The number of alkyl halides is 3. The SMILES string of the molecule is CC(n1c(=O)nc(N[C@@H](C)C2CCCCC2)[nH]c1=O)C(F)(F)F. The van der Waals surface area contributed by atoms with E-state index in [0.717, 1.165) is 32.6 Å². The van der Waals surface area contributed by atoms with Crippen molar-refractivity contribution in [2.45, 2.75) is 64.2 Å². The minimum atomic E-state index is -4.69. The third kappa shape index (κ3) is 4.14. The quantitative estimate of drug-likeness (QED) is 0.886. The van der Waals surface area contributed by atoms with Gasteiger partial charge in [0.1, 0.15) is 6.04 Å². The molecular weight excluding hydrogens is 313 g/mol. The summed E-state index contributed by atoms with van der Waals surface area (Å²) >= 11 is 0. The molecule has 0 aromatic carbocycles. The Morgan fingerprint density at radius 2 is 1.83 bits per heavy atom. The van der Waals surface area contributed by atoms with E-state index in [2.05, 4.69) is 15.3 Å². The monoisotopic (exact) mass is 334 g/mol. The predicted octanol–water partition coefficient (Wildman–Crippen LogP) is 2.44. The van der Waals surface area contributed by atoms with Gasteiger partial charge in [-0.3, -0.25) is 4.98 Å². The van der Waals surface area contributed by atoms with Crippen molar-refractivity contribution in [1.29, 1.82) is 0 Å². The van der Waals surface area contributed by atoms with Crippen LogP contribution >= 0.6 is 0 Å². The van der Waals surface area contributed by atoms with Crippen LogP contribution in [0.15, 0.2) is 9.59 Å². The molecule has 0 spiro atoms. The van der Waals surface area contributed by atoms with Crippen LogP contribution in [0.5, 0.6) is 0 Å². The van der Waals surface area contributed by atoms with Gasteiger partial charge in [-0.15, -0.1) is 0 Å². The Hall–Kier alpha value is -1.80. The third-order valence-electron chi connectivity index (χ3n) is 4.44. The molecule has 0 amide bonds. The van der Waals surface area contributed by atoms with Gasteiger partial charge in [0.15, 0.2) is 0 Å². The van der Waals surface area contributed by atoms with Gasteiger partial charge >= 0.3 is 17.6 Å². The fourth-order valence-electron chi connectivity index (χ4n) is 2.95. The van der Waals surface area contributed by atoms with Crippen LogP contribution in [0.25, 0.3) is 0 Å². The lowest BCUT2D eigenvalue weighted by Crippen LogP contribution is -2.44. The van der Waals surface area contributed by atoms with Gasteiger partial charge < -0.3 is 5.32 Å². The van der Waals surface area contributed by atoms with Gasteiger partial charge in [0, 0.05) is 6.04 Å². The molecule has 6 nitrogen and oxygen atoms in total. The highest BCUT2D eigenvalue weighted by Gasteiger charge is 2.39. The molecule has 1 fully saturated rings. The number of H-pyrrole nitrogens is 1. The average Bonchev–Trinajstić information content (AvgIpc) is 2.46. The van der Waals surface area contributed by atoms with Crippen LogP contribution in [0, 0.1) is 5.92 Å². The van der Waals surface area contributed by atoms with Crippen molar-refractivity contribution in [3.8, 4) is 0 Å². The molecule has 23 heavy (non-hydrogen) atoms. The van der Waals surface area contributed by atoms with Crippen LogP contribution in [0.1, 0.15) is 52.0 Å². The van der Waals surface area contributed by atoms with Crippen LogP contribution in [-0.4, -0.2) is 26.8 Å². The molecule has 1 aromatic heterocycles. The molecule has 0 aliphatic heterocycles. The molecule has 130 valence electrons. The molecule has 0 bridgehead atoms. The molecule has 1 unspecified atom stereocenters. The molecule has 1 aliphatic rings. The molecule has 2 N–H and O–H groups in total. The summed E-state index contributed by atoms with van der Waals surface area (Å²) in [5, 5.41) is 2.94. The first kappa shape index (κ1) is 17.6. The molecule has 9 heteroatoms. The molecule has 0 saturated heterocycles. The number of nitrogens with one attached hydrogen (secondary N) is 2. The maximum Gasteiger partial charge on any atom is 0.409 e. The second-order valence-electron chi connectivity index (χ2n) is 6.09. The zero-order valence-electron chi connectivity index (χ0n) is 13.1. The Kier molecular flexibility index (Phi) is 5.16. The maximum atomic E-state index is 12.7. The largest absolute Gasteiger partial charge is 0.409 e. The van der Waals surface area contributed by atoms with Crippen LogP contribution < -0.4 is 16.7 Å². The molecule has 1 heterocycles. The van der Waals surface area contributed by atoms with E-state index in [-0.39, 0.29) is 16.6 Å². The van der Waals surface area contributed by atoms with Crippen molar-refractivity contribution in [2.24, 2.45) is 5.92 Å². The van der Waals surface area contributed by atoms with Crippen LogP contribution in [0.3, 0.4) is 0 Å². The van der Waals surface area contributed by atoms with Crippen molar-refractivity contribution >= 4 is 5.95 Å². The van der Waals surface area contributed by atoms with E-state index >= 15 is 0 Å². The smallest absolute Gasteiger partial charge is 0.353 e. The van der Waals surface area contributed by atoms with Gasteiger partial charge in [-0.05, 0) is 32.6 Å². The van der Waals surface area contributed by atoms with Gasteiger partial charge in [-0.25, -0.2) is 14.2 Å². The molecule has 0 radical (unpaired) electrons. The second-order valence-corrected chi connectivity index (χ2v) is 6.09. The third-order valence-corrected chi connectivity index (χ3v) is 4.44. The van der Waals surface area contributed by atoms with Crippen molar-refractivity contribution in [3.05, 3.63) is 21.0 Å². The zero-order chi connectivity index (χ0) is 17.2. The summed E-state index contributed by atoms with van der Waals surface area (Å²) in [5.41, 5.74) is -2.33. The van der Waals surface area contributed by atoms with Gasteiger partial charge in [-0.1, -0.05) is 19.3 Å². The molecular formula is C14H21F3N4O2. The van der Waals surface area contributed by atoms with E-state index in [4.69, 9.17) is 0 Å². The standard InChI is InChI=1S/C14H21F3N4O2/c1-8(10-6-4-3-5-7-10)18-11-19-12(22)21(13(23)20-11)9(2)14(15,16)17/h8-10H,3-7H2,1-2H3,(H2,18,19,20,22,23)/t8-,9?/m0/s1. The number of halogens is 3. The topological polar surface area (TPSA) is 79.8 Å². The van der Waals surface area contributed by atoms with Crippen LogP contribution in [0.4, 0.5) is 19.1 Å². The van der Waals surface area contributed by atoms with E-state index in [0.29, 0.717) is 5.92 Å². The van der Waals surface area contributed by atoms with E-state index in [1.807, 2.05) is 6.92 Å². The lowest BCUT2D eigenvalue weighted by molar-refractivity contribution is -0.164. The average molecular weight is 334 g/mol. The number of hydrogen-bond donors (Lipinski definition) is 2. The minimum Gasteiger partial charge on any atom is -0.353 e. The van der Waals surface area contributed by atoms with Gasteiger partial charge in [0.25, 0.3) is 0 Å². The number of anilines is 1. The summed E-state index contributed by atoms with van der Waals surface area (Å²) in [4.78, 5) is 29.4. The fraction of sp³-hybridized carbons (Fsp3) is 0.786. The summed E-state index contributed by atoms with van der Waals surface area (Å²) in [6, 6.07) is -2.25. The van der Waals surface area contributed by atoms with E-state index < -0.39 is 23.6 Å². The Morgan fingerprint density at radius 1 is 1.22 bits per heavy atom. The predicted molar refractivity (Wildman–Crippen MR) is 79.5 cm³/mol. The van der Waals surface area contributed by atoms with Crippen molar-refractivity contribution in [1.82, 2.24) is 14.5 Å². The molecule has 1 saturated carbocycles. The Morgan fingerprint density at radius 3 is 2.35 bits per heavy atom. The highest BCUT2D eigenvalue weighted by molar-refractivity contribution is 5.23. The summed E-state index contributed by atoms with van der Waals surface area (Å²) in [5.74, 6) is 0.314. The maximum absolute atomic E-state index is 12.7. The molecule has 2 rings (SSSR count). The highest BCUT2D eigenvalue weighted by Crippen LogP contribution is 2.28. The lowest BCUT2D eigenvalue weighted by atomic mass is 9.85. The number of nitrogens with zero attached hydrogens (tertiary/aromatic N) is 2. The highest BCUT2D eigenvalue weighted by atomic mass is 19.4. The van der Waals surface area contributed by atoms with Crippen molar-refractivity contribution in [3.63, 3.8) is 0 Å². The van der Waals surface area contributed by atoms with Crippen LogP contribution in [-0.2, 0) is 0 Å². The zero-order valence-corrected chi connectivity index (χ0v) is 13.1. The number of hydrogen-bond acceptors (Lipinski definition) is 4. The summed E-state index contributed by atoms with van der Waals surface area (Å²) < 4.78 is 38.2. The van der Waals surface area contributed by atoms with Crippen molar-refractivity contribution < 1.29 is 13.2 Å². The van der Waals surface area contributed by atoms with Gasteiger partial charge in [0.05, 0.1) is 0 Å². The first-order valence-corrected chi connectivity index (χ1v) is 7.76. The van der Waals surface area contributed by atoms with Gasteiger partial charge in [0.2, 0.25) is 5.95 Å². The number of rotatable bonds is 4. The summed E-state index contributed by atoms with van der Waals surface area (Å²) in [6.07, 6.45) is 0.852. The summed E-state index contributed by atoms with van der Waals surface area (Å²) in [6.45, 7) is 2.66. The molecule has 2 atom stereocenters. The van der Waals surface area contributed by atoms with Crippen LogP contribution in [0.2, 0.25) is 0 Å². The molecule has 1 aromatic rings. The molecule has 1 aliphatic carbocycles. The Bertz CT molecular complexity index is 615. The Balaban J connectivity index is 2.19. The lowest BCUT2D eigenvalue weighted by Gasteiger charge is -2.28. The first-order valence-electron chi connectivity index (χ1n) is 7.76. The minimum absolute atomic E-state index is 0.0197. The normalized spacial score (nSPS) is 19.3. The Labute approximate surface area is 131 Å². The van der Waals surface area contributed by atoms with Gasteiger partial charge in [-0.2, -0.15) is 18.2 Å². The fourth-order valence-corrected chi connectivity index (χ4v) is 2.95. The van der Waals surface area contributed by atoms with E-state index in [1.165, 1.54) is 6.42 Å². The number of aromatic amines is 1.